The van der Waals surface area contributed by atoms with Crippen LogP contribution in [-0.2, 0) is 21.3 Å². The fourth-order valence-electron chi connectivity index (χ4n) is 5.72. The quantitative estimate of drug-likeness (QED) is 0.314. The first-order chi connectivity index (χ1) is 21.3. The molecule has 2 heterocycles. The second kappa shape index (κ2) is 12.5. The summed E-state index contributed by atoms with van der Waals surface area (Å²) in [5.74, 6) is -0.450. The number of hydrogen-bond donors (Lipinski definition) is 0. The summed E-state index contributed by atoms with van der Waals surface area (Å²) in [6.07, 6.45) is -0.520. The number of imide groups is 1. The maximum absolute atomic E-state index is 14.5. The highest BCUT2D eigenvalue weighted by molar-refractivity contribution is 7.89. The molecule has 12 heteroatoms. The molecule has 2 aliphatic heterocycles. The van der Waals surface area contributed by atoms with Gasteiger partial charge in [0, 0.05) is 31.7 Å². The Hall–Kier alpha value is -4.42. The van der Waals surface area contributed by atoms with Gasteiger partial charge in [0.25, 0.3) is 11.8 Å². The molecule has 1 saturated heterocycles. The molecule has 3 aromatic carbocycles. The fraction of sp³-hybridized carbons (Fsp3) is 0.364. The van der Waals surface area contributed by atoms with Crippen LogP contribution >= 0.6 is 0 Å². The van der Waals surface area contributed by atoms with Crippen LogP contribution in [0.15, 0.2) is 77.7 Å². The summed E-state index contributed by atoms with van der Waals surface area (Å²) < 4.78 is 46.9. The Balaban J connectivity index is 1.54. The van der Waals surface area contributed by atoms with E-state index in [4.69, 9.17) is 14.2 Å². The van der Waals surface area contributed by atoms with Crippen molar-refractivity contribution in [2.24, 2.45) is 0 Å². The summed E-state index contributed by atoms with van der Waals surface area (Å²) in [4.78, 5) is 42.6. The molecule has 2 atom stereocenters. The van der Waals surface area contributed by atoms with Crippen LogP contribution in [-0.4, -0.2) is 85.4 Å². The molecule has 45 heavy (non-hydrogen) atoms. The van der Waals surface area contributed by atoms with Gasteiger partial charge in [-0.2, -0.15) is 4.31 Å². The molecule has 0 radical (unpaired) electrons. The third-order valence-electron chi connectivity index (χ3n) is 7.84. The molecule has 0 aliphatic carbocycles. The van der Waals surface area contributed by atoms with E-state index in [1.54, 1.807) is 51.1 Å². The SMILES string of the molecule is COc1ccc(OC)c(S(=O)(=O)N(Cc2ccccc2)[C@@H]2C[C@H](CN3C(=O)c4ccccc4C3=O)N(C(=O)OC(C)(C)C)C2)c1. The number of methoxy groups -OCH3 is 2. The van der Waals surface area contributed by atoms with E-state index in [0.717, 1.165) is 10.5 Å². The lowest BCUT2D eigenvalue weighted by atomic mass is 10.1. The van der Waals surface area contributed by atoms with Crippen LogP contribution in [0.1, 0.15) is 53.5 Å². The smallest absolute Gasteiger partial charge is 0.410 e. The van der Waals surface area contributed by atoms with E-state index in [1.165, 1.54) is 35.6 Å². The van der Waals surface area contributed by atoms with Crippen molar-refractivity contribution in [2.75, 3.05) is 27.3 Å². The molecule has 11 nitrogen and oxygen atoms in total. The molecule has 0 saturated carbocycles. The number of benzene rings is 3. The maximum Gasteiger partial charge on any atom is 0.410 e. The van der Waals surface area contributed by atoms with Crippen molar-refractivity contribution in [1.29, 1.82) is 0 Å². The van der Waals surface area contributed by atoms with Crippen LogP contribution < -0.4 is 9.47 Å². The predicted octanol–water partition coefficient (Wildman–Crippen LogP) is 4.57. The summed E-state index contributed by atoms with van der Waals surface area (Å²) >= 11 is 0. The van der Waals surface area contributed by atoms with Crippen molar-refractivity contribution < 1.29 is 37.0 Å². The molecule has 0 unspecified atom stereocenters. The number of hydrogen-bond acceptors (Lipinski definition) is 8. The minimum absolute atomic E-state index is 0.00387. The van der Waals surface area contributed by atoms with E-state index in [1.807, 2.05) is 30.3 Å². The molecular weight excluding hydrogens is 598 g/mol. The molecule has 1 fully saturated rings. The van der Waals surface area contributed by atoms with Gasteiger partial charge in [0.2, 0.25) is 10.0 Å². The third-order valence-corrected chi connectivity index (χ3v) is 9.76. The molecule has 3 amide bonds. The number of sulfonamides is 1. The van der Waals surface area contributed by atoms with Gasteiger partial charge in [0.15, 0.2) is 0 Å². The average molecular weight is 636 g/mol. The Morgan fingerprint density at radius 1 is 0.911 bits per heavy atom. The summed E-state index contributed by atoms with van der Waals surface area (Å²) in [5, 5.41) is 0. The second-order valence-corrected chi connectivity index (χ2v) is 13.9. The first kappa shape index (κ1) is 32.0. The van der Waals surface area contributed by atoms with E-state index in [-0.39, 0.29) is 36.7 Å². The Morgan fingerprint density at radius 3 is 2.11 bits per heavy atom. The lowest BCUT2D eigenvalue weighted by Gasteiger charge is -2.30. The Morgan fingerprint density at radius 2 is 1.53 bits per heavy atom. The van der Waals surface area contributed by atoms with Gasteiger partial charge in [0.05, 0.1) is 31.4 Å². The fourth-order valence-corrected chi connectivity index (χ4v) is 7.51. The monoisotopic (exact) mass is 635 g/mol. The molecule has 0 bridgehead atoms. The molecule has 5 rings (SSSR count). The minimum Gasteiger partial charge on any atom is -0.497 e. The van der Waals surface area contributed by atoms with Gasteiger partial charge in [-0.15, -0.1) is 0 Å². The van der Waals surface area contributed by atoms with E-state index >= 15 is 0 Å². The van der Waals surface area contributed by atoms with Crippen LogP contribution in [0.3, 0.4) is 0 Å². The number of amides is 3. The van der Waals surface area contributed by atoms with E-state index in [0.29, 0.717) is 16.9 Å². The first-order valence-electron chi connectivity index (χ1n) is 14.6. The zero-order valence-electron chi connectivity index (χ0n) is 25.9. The first-order valence-corrected chi connectivity index (χ1v) is 16.0. The molecular formula is C33H37N3O8S. The highest BCUT2D eigenvalue weighted by Gasteiger charge is 2.47. The van der Waals surface area contributed by atoms with Gasteiger partial charge in [-0.05, 0) is 57.0 Å². The summed E-state index contributed by atoms with van der Waals surface area (Å²) in [5.41, 5.74) is 0.480. The van der Waals surface area contributed by atoms with Crippen LogP contribution in [0.25, 0.3) is 0 Å². The van der Waals surface area contributed by atoms with Crippen molar-refractivity contribution in [1.82, 2.24) is 14.1 Å². The summed E-state index contributed by atoms with van der Waals surface area (Å²) in [6, 6.07) is 18.8. The van der Waals surface area contributed by atoms with Gasteiger partial charge in [-0.1, -0.05) is 42.5 Å². The molecule has 238 valence electrons. The highest BCUT2D eigenvalue weighted by Crippen LogP contribution is 2.36. The Labute approximate surface area is 263 Å². The molecule has 2 aliphatic rings. The van der Waals surface area contributed by atoms with Crippen LogP contribution in [0.5, 0.6) is 11.5 Å². The number of ether oxygens (including phenoxy) is 3. The number of likely N-dealkylation sites (tertiary alicyclic amines) is 1. The van der Waals surface area contributed by atoms with Crippen molar-refractivity contribution in [2.45, 2.75) is 56.3 Å². The van der Waals surface area contributed by atoms with Gasteiger partial charge >= 0.3 is 6.09 Å². The van der Waals surface area contributed by atoms with Gasteiger partial charge in [-0.25, -0.2) is 13.2 Å². The average Bonchev–Trinajstić information content (AvgIpc) is 3.54. The third kappa shape index (κ3) is 6.52. The second-order valence-electron chi connectivity index (χ2n) is 12.0. The summed E-state index contributed by atoms with van der Waals surface area (Å²) in [6.45, 7) is 5.05. The zero-order valence-corrected chi connectivity index (χ0v) is 26.7. The Kier molecular flexibility index (Phi) is 8.90. The van der Waals surface area contributed by atoms with Crippen molar-refractivity contribution in [3.8, 4) is 11.5 Å². The van der Waals surface area contributed by atoms with Crippen LogP contribution in [0.2, 0.25) is 0 Å². The molecule has 0 N–H and O–H groups in total. The normalized spacial score (nSPS) is 18.4. The molecule has 0 spiro atoms. The number of fused-ring (bicyclic) bond motifs is 1. The number of carbonyl (C=O) groups is 3. The van der Waals surface area contributed by atoms with E-state index in [9.17, 15) is 22.8 Å². The van der Waals surface area contributed by atoms with Crippen molar-refractivity contribution >= 4 is 27.9 Å². The van der Waals surface area contributed by atoms with Gasteiger partial charge in [0.1, 0.15) is 22.0 Å². The lowest BCUT2D eigenvalue weighted by Crippen LogP contribution is -2.47. The Bertz CT molecular complexity index is 1670. The topological polar surface area (TPSA) is 123 Å². The van der Waals surface area contributed by atoms with E-state index in [2.05, 4.69) is 0 Å². The van der Waals surface area contributed by atoms with Crippen LogP contribution in [0.4, 0.5) is 4.79 Å². The zero-order chi connectivity index (χ0) is 32.5. The number of nitrogens with zero attached hydrogens (tertiary/aromatic N) is 3. The van der Waals surface area contributed by atoms with Crippen molar-refractivity contribution in [3.63, 3.8) is 0 Å². The molecule has 0 aromatic heterocycles. The van der Waals surface area contributed by atoms with Gasteiger partial charge in [-0.3, -0.25) is 14.5 Å². The van der Waals surface area contributed by atoms with E-state index < -0.39 is 45.6 Å². The maximum atomic E-state index is 14.5. The minimum atomic E-state index is -4.26. The van der Waals surface area contributed by atoms with Crippen LogP contribution in [0, 0.1) is 0 Å². The lowest BCUT2D eigenvalue weighted by molar-refractivity contribution is 0.0186. The molecule has 3 aromatic rings. The standard InChI is InChI=1S/C33H37N3O8S/c1-33(2,3)44-32(39)34-21-24(17-23(34)20-35-30(37)26-13-9-10-14-27(26)31(35)38)36(19-22-11-7-6-8-12-22)45(40,41)29-18-25(42-4)15-16-28(29)43-5/h6-16,18,23-24H,17,19-21H2,1-5H3/t23-,24-/m1/s1. The summed E-state index contributed by atoms with van der Waals surface area (Å²) in [7, 11) is -1.42. The van der Waals surface area contributed by atoms with Gasteiger partial charge < -0.3 is 19.1 Å². The highest BCUT2D eigenvalue weighted by atomic mass is 32.2. The largest absolute Gasteiger partial charge is 0.497 e. The number of carbonyl (C=O) groups excluding carboxylic acids is 3. The number of rotatable bonds is 9. The van der Waals surface area contributed by atoms with Crippen molar-refractivity contribution in [3.05, 3.63) is 89.5 Å². The predicted molar refractivity (Wildman–Crippen MR) is 166 cm³/mol.